The quantitative estimate of drug-likeness (QED) is 0.537. The maximum Gasteiger partial charge on any atom is 0.119 e. The van der Waals surface area contributed by atoms with Gasteiger partial charge in [0.25, 0.3) is 0 Å². The third-order valence-electron chi connectivity index (χ3n) is 9.54. The molecule has 1 heterocycles. The molecule has 3 heteroatoms. The van der Waals surface area contributed by atoms with E-state index in [9.17, 15) is 0 Å². The average molecular weight is 443 g/mol. The number of ether oxygens (including phenoxy) is 1. The molecule has 1 aliphatic heterocycles. The number of rotatable bonds is 6. The molecule has 0 spiro atoms. The molecule has 8 rings (SSSR count). The average Bonchev–Trinajstić information content (AvgIpc) is 3.61. The zero-order valence-corrected chi connectivity index (χ0v) is 20.0. The van der Waals surface area contributed by atoms with E-state index < -0.39 is 0 Å². The predicted octanol–water partition coefficient (Wildman–Crippen LogP) is 6.48. The van der Waals surface area contributed by atoms with Crippen molar-refractivity contribution >= 4 is 5.69 Å². The third-order valence-corrected chi connectivity index (χ3v) is 9.54. The van der Waals surface area contributed by atoms with Crippen LogP contribution in [0.1, 0.15) is 80.5 Å². The second-order valence-corrected chi connectivity index (χ2v) is 12.2. The highest BCUT2D eigenvalue weighted by Gasteiger charge is 2.50. The van der Waals surface area contributed by atoms with Gasteiger partial charge in [-0.15, -0.1) is 0 Å². The Kier molecular flexibility index (Phi) is 4.80. The summed E-state index contributed by atoms with van der Waals surface area (Å²) in [5, 5.41) is 8.08. The molecule has 0 radical (unpaired) electrons. The molecule has 2 N–H and O–H groups in total. The molecule has 6 aliphatic rings. The van der Waals surface area contributed by atoms with Gasteiger partial charge in [-0.3, -0.25) is 0 Å². The van der Waals surface area contributed by atoms with Crippen molar-refractivity contribution in [3.8, 4) is 5.75 Å². The SMILES string of the molecule is COc1ccc2c(c1)C[C@H](CC1CC1)N[C@@H]2c1ccc(NC23CC4CC(CC(C4)C2)C3)cc1. The van der Waals surface area contributed by atoms with E-state index >= 15 is 0 Å². The van der Waals surface area contributed by atoms with Gasteiger partial charge in [-0.05, 0) is 116 Å². The van der Waals surface area contributed by atoms with Gasteiger partial charge in [0.05, 0.1) is 13.2 Å². The second-order valence-electron chi connectivity index (χ2n) is 12.2. The summed E-state index contributed by atoms with van der Waals surface area (Å²) < 4.78 is 5.55. The van der Waals surface area contributed by atoms with Gasteiger partial charge in [-0.2, -0.15) is 0 Å². The number of fused-ring (bicyclic) bond motifs is 1. The maximum atomic E-state index is 5.55. The van der Waals surface area contributed by atoms with Crippen molar-refractivity contribution < 1.29 is 4.74 Å². The molecule has 2 aromatic carbocycles. The lowest BCUT2D eigenvalue weighted by atomic mass is 9.53. The van der Waals surface area contributed by atoms with Crippen molar-refractivity contribution in [2.24, 2.45) is 23.7 Å². The maximum absolute atomic E-state index is 5.55. The van der Waals surface area contributed by atoms with Crippen molar-refractivity contribution in [2.75, 3.05) is 12.4 Å². The highest BCUT2D eigenvalue weighted by atomic mass is 16.5. The Morgan fingerprint density at radius 1 is 0.939 bits per heavy atom. The first-order valence-electron chi connectivity index (χ1n) is 13.5. The monoisotopic (exact) mass is 442 g/mol. The fourth-order valence-corrected chi connectivity index (χ4v) is 8.33. The zero-order chi connectivity index (χ0) is 22.0. The first-order chi connectivity index (χ1) is 16.1. The lowest BCUT2D eigenvalue weighted by Crippen LogP contribution is -2.54. The highest BCUT2D eigenvalue weighted by Crippen LogP contribution is 2.56. The fraction of sp³-hybridized carbons (Fsp3) is 0.600. The molecule has 3 nitrogen and oxygen atoms in total. The van der Waals surface area contributed by atoms with Crippen LogP contribution in [-0.2, 0) is 6.42 Å². The number of benzene rings is 2. The van der Waals surface area contributed by atoms with Crippen LogP contribution in [0.15, 0.2) is 42.5 Å². The van der Waals surface area contributed by atoms with Crippen molar-refractivity contribution in [3.63, 3.8) is 0 Å². The predicted molar refractivity (Wildman–Crippen MR) is 134 cm³/mol. The van der Waals surface area contributed by atoms with E-state index in [1.54, 1.807) is 7.11 Å². The normalized spacial score (nSPS) is 36.5. The summed E-state index contributed by atoms with van der Waals surface area (Å²) in [6.07, 6.45) is 13.9. The van der Waals surface area contributed by atoms with Crippen LogP contribution in [0.5, 0.6) is 5.75 Å². The van der Waals surface area contributed by atoms with E-state index in [4.69, 9.17) is 4.74 Å². The minimum absolute atomic E-state index is 0.275. The smallest absolute Gasteiger partial charge is 0.119 e. The van der Waals surface area contributed by atoms with Crippen LogP contribution in [0.2, 0.25) is 0 Å². The van der Waals surface area contributed by atoms with E-state index in [-0.39, 0.29) is 6.04 Å². The molecule has 2 aromatic rings. The second kappa shape index (κ2) is 7.77. The van der Waals surface area contributed by atoms with E-state index in [1.165, 1.54) is 80.2 Å². The number of methoxy groups -OCH3 is 1. The summed E-state index contributed by atoms with van der Waals surface area (Å²) in [6, 6.07) is 16.9. The van der Waals surface area contributed by atoms with E-state index in [2.05, 4.69) is 53.1 Å². The Morgan fingerprint density at radius 3 is 2.27 bits per heavy atom. The van der Waals surface area contributed by atoms with Crippen LogP contribution in [0, 0.1) is 23.7 Å². The van der Waals surface area contributed by atoms with Crippen LogP contribution in [0.3, 0.4) is 0 Å². The molecule has 0 aromatic heterocycles. The lowest BCUT2D eigenvalue weighted by molar-refractivity contribution is 0.0107. The van der Waals surface area contributed by atoms with Gasteiger partial charge in [0, 0.05) is 17.3 Å². The first kappa shape index (κ1) is 20.4. The largest absolute Gasteiger partial charge is 0.497 e. The number of anilines is 1. The minimum atomic E-state index is 0.275. The summed E-state index contributed by atoms with van der Waals surface area (Å²) in [7, 11) is 1.78. The Labute approximate surface area is 198 Å². The van der Waals surface area contributed by atoms with Gasteiger partial charge < -0.3 is 15.4 Å². The standard InChI is InChI=1S/C30H38N2O/c1-33-27-8-9-28-24(15-27)14-26(13-19-2-3-19)31-29(28)23-4-6-25(7-5-23)32-30-16-20-10-21(17-30)12-22(11-20)18-30/h4-9,15,19-22,26,29,31-32H,2-3,10-14,16-18H2,1H3/t20?,21?,22?,26-,29+,30?/m0/s1. The molecule has 0 saturated heterocycles. The van der Waals surface area contributed by atoms with Gasteiger partial charge >= 0.3 is 0 Å². The number of nitrogens with one attached hydrogen (secondary N) is 2. The summed E-state index contributed by atoms with van der Waals surface area (Å²) in [5.74, 6) is 4.85. The van der Waals surface area contributed by atoms with Gasteiger partial charge in [0.2, 0.25) is 0 Å². The van der Waals surface area contributed by atoms with E-state index in [1.807, 2.05) is 0 Å². The molecule has 33 heavy (non-hydrogen) atoms. The van der Waals surface area contributed by atoms with Crippen molar-refractivity contribution in [1.82, 2.24) is 5.32 Å². The van der Waals surface area contributed by atoms with Crippen LogP contribution in [-0.4, -0.2) is 18.7 Å². The fourth-order valence-electron chi connectivity index (χ4n) is 8.33. The van der Waals surface area contributed by atoms with Crippen molar-refractivity contribution in [2.45, 2.75) is 81.8 Å². The summed E-state index contributed by atoms with van der Waals surface area (Å²) in [5.41, 5.74) is 5.96. The Balaban J connectivity index is 1.13. The van der Waals surface area contributed by atoms with Crippen LogP contribution in [0.4, 0.5) is 5.69 Å². The number of hydrogen-bond donors (Lipinski definition) is 2. The van der Waals surface area contributed by atoms with Crippen LogP contribution < -0.4 is 15.4 Å². The van der Waals surface area contributed by atoms with Gasteiger partial charge in [0.1, 0.15) is 5.75 Å². The van der Waals surface area contributed by atoms with E-state index in [0.717, 1.165) is 35.8 Å². The topological polar surface area (TPSA) is 33.3 Å². The third kappa shape index (κ3) is 3.87. The number of hydrogen-bond acceptors (Lipinski definition) is 3. The first-order valence-corrected chi connectivity index (χ1v) is 13.5. The van der Waals surface area contributed by atoms with Crippen LogP contribution >= 0.6 is 0 Å². The molecule has 4 bridgehead atoms. The molecule has 2 atom stereocenters. The Morgan fingerprint density at radius 2 is 1.64 bits per heavy atom. The van der Waals surface area contributed by atoms with Gasteiger partial charge in [-0.25, -0.2) is 0 Å². The summed E-state index contributed by atoms with van der Waals surface area (Å²) in [4.78, 5) is 0. The van der Waals surface area contributed by atoms with Gasteiger partial charge in [-0.1, -0.05) is 31.0 Å². The molecule has 0 unspecified atom stereocenters. The van der Waals surface area contributed by atoms with Crippen molar-refractivity contribution in [1.29, 1.82) is 0 Å². The molecule has 174 valence electrons. The van der Waals surface area contributed by atoms with Crippen LogP contribution in [0.25, 0.3) is 0 Å². The lowest BCUT2D eigenvalue weighted by Gasteiger charge is -2.57. The molecular formula is C30H38N2O. The Bertz CT molecular complexity index is 989. The molecule has 0 amide bonds. The summed E-state index contributed by atoms with van der Waals surface area (Å²) >= 11 is 0. The minimum Gasteiger partial charge on any atom is -0.497 e. The summed E-state index contributed by atoms with van der Waals surface area (Å²) in [6.45, 7) is 0. The molecule has 5 aliphatic carbocycles. The van der Waals surface area contributed by atoms with Crippen molar-refractivity contribution in [3.05, 3.63) is 59.2 Å². The van der Waals surface area contributed by atoms with Gasteiger partial charge in [0.15, 0.2) is 0 Å². The highest BCUT2D eigenvalue weighted by molar-refractivity contribution is 5.51. The molecule has 5 fully saturated rings. The zero-order valence-electron chi connectivity index (χ0n) is 20.0. The Hall–Kier alpha value is -2.00. The molecule has 5 saturated carbocycles. The molecular weight excluding hydrogens is 404 g/mol. The van der Waals surface area contributed by atoms with E-state index in [0.29, 0.717) is 11.6 Å².